The summed E-state index contributed by atoms with van der Waals surface area (Å²) in [6.45, 7) is 2.50. The maximum absolute atomic E-state index is 10.9. The van der Waals surface area contributed by atoms with Crippen LogP contribution in [0.2, 0.25) is 0 Å². The van der Waals surface area contributed by atoms with Crippen molar-refractivity contribution in [3.05, 3.63) is 23.8 Å². The second kappa shape index (κ2) is 5.27. The number of hydrogen-bond acceptors (Lipinski definition) is 3. The Bertz CT molecular complexity index is 381. The van der Waals surface area contributed by atoms with E-state index in [2.05, 4.69) is 10.6 Å². The molecule has 0 unspecified atom stereocenters. The van der Waals surface area contributed by atoms with Gasteiger partial charge in [0.2, 0.25) is 11.8 Å². The van der Waals surface area contributed by atoms with Crippen molar-refractivity contribution in [3.63, 3.8) is 0 Å². The van der Waals surface area contributed by atoms with Crippen molar-refractivity contribution in [1.29, 1.82) is 0 Å². The molecule has 5 heteroatoms. The highest BCUT2D eigenvalue weighted by Gasteiger charge is 2.09. The molecular weight excluding hydrogens is 208 g/mol. The molecule has 0 radical (unpaired) electrons. The summed E-state index contributed by atoms with van der Waals surface area (Å²) in [4.78, 5) is 21.9. The predicted molar refractivity (Wildman–Crippen MR) is 61.0 cm³/mol. The van der Waals surface area contributed by atoms with Crippen molar-refractivity contribution in [2.75, 3.05) is 10.6 Å². The Balaban J connectivity index is 3.09. The standard InChI is InChI=1S/C11H14N2O3/c1-7(15)12-10-4-3-5-11(9(10)6-14)13-8(2)16/h3-5,14H,6H2,1-2H3,(H,12,15)(H,13,16). The SMILES string of the molecule is CC(=O)Nc1cccc(NC(C)=O)c1CO. The summed E-state index contributed by atoms with van der Waals surface area (Å²) < 4.78 is 0. The summed E-state index contributed by atoms with van der Waals surface area (Å²) >= 11 is 0. The number of carbonyl (C=O) groups is 2. The van der Waals surface area contributed by atoms with Crippen molar-refractivity contribution in [3.8, 4) is 0 Å². The minimum Gasteiger partial charge on any atom is -0.392 e. The Kier molecular flexibility index (Phi) is 4.02. The van der Waals surface area contributed by atoms with E-state index in [9.17, 15) is 14.7 Å². The minimum atomic E-state index is -0.258. The molecule has 0 aliphatic rings. The van der Waals surface area contributed by atoms with Gasteiger partial charge in [-0.2, -0.15) is 0 Å². The maximum atomic E-state index is 10.9. The van der Waals surface area contributed by atoms with Gasteiger partial charge in [-0.3, -0.25) is 9.59 Å². The van der Waals surface area contributed by atoms with Gasteiger partial charge in [0.15, 0.2) is 0 Å². The topological polar surface area (TPSA) is 78.4 Å². The van der Waals surface area contributed by atoms with E-state index in [1.165, 1.54) is 13.8 Å². The van der Waals surface area contributed by atoms with Gasteiger partial charge in [-0.25, -0.2) is 0 Å². The molecule has 1 rings (SSSR count). The quantitative estimate of drug-likeness (QED) is 0.716. The number of amides is 2. The molecule has 0 saturated heterocycles. The number of benzene rings is 1. The summed E-state index contributed by atoms with van der Waals surface area (Å²) in [6, 6.07) is 5.02. The van der Waals surface area contributed by atoms with E-state index in [0.717, 1.165) is 0 Å². The molecule has 1 aromatic rings. The van der Waals surface area contributed by atoms with Crippen molar-refractivity contribution >= 4 is 23.2 Å². The lowest BCUT2D eigenvalue weighted by molar-refractivity contribution is -0.115. The zero-order valence-electron chi connectivity index (χ0n) is 9.20. The number of rotatable bonds is 3. The second-order valence-corrected chi connectivity index (χ2v) is 3.35. The molecule has 0 heterocycles. The Morgan fingerprint density at radius 3 is 1.88 bits per heavy atom. The lowest BCUT2D eigenvalue weighted by Gasteiger charge is -2.13. The third-order valence-corrected chi connectivity index (χ3v) is 1.96. The van der Waals surface area contributed by atoms with Crippen molar-refractivity contribution in [2.24, 2.45) is 0 Å². The summed E-state index contributed by atoms with van der Waals surface area (Å²) in [5.74, 6) is -0.454. The fourth-order valence-electron chi connectivity index (χ4n) is 1.37. The van der Waals surface area contributed by atoms with Gasteiger partial charge in [-0.15, -0.1) is 0 Å². The first-order valence-corrected chi connectivity index (χ1v) is 4.82. The van der Waals surface area contributed by atoms with Crippen molar-refractivity contribution in [1.82, 2.24) is 0 Å². The molecule has 0 aliphatic heterocycles. The number of carbonyl (C=O) groups excluding carboxylic acids is 2. The Hall–Kier alpha value is -1.88. The molecular formula is C11H14N2O3. The number of nitrogens with one attached hydrogen (secondary N) is 2. The summed E-state index contributed by atoms with van der Waals surface area (Å²) in [7, 11) is 0. The van der Waals surface area contributed by atoms with Gasteiger partial charge in [-0.05, 0) is 12.1 Å². The Labute approximate surface area is 93.5 Å². The van der Waals surface area contributed by atoms with Crippen LogP contribution in [0.1, 0.15) is 19.4 Å². The first kappa shape index (κ1) is 12.2. The molecule has 0 aliphatic carbocycles. The van der Waals surface area contributed by atoms with Crippen LogP contribution in [0, 0.1) is 0 Å². The smallest absolute Gasteiger partial charge is 0.221 e. The van der Waals surface area contributed by atoms with Crippen LogP contribution in [0.5, 0.6) is 0 Å². The molecule has 0 aromatic heterocycles. The zero-order chi connectivity index (χ0) is 12.1. The Morgan fingerprint density at radius 2 is 1.56 bits per heavy atom. The normalized spacial score (nSPS) is 9.69. The summed E-state index contributed by atoms with van der Waals surface area (Å²) in [6.07, 6.45) is 0. The molecule has 0 saturated carbocycles. The third-order valence-electron chi connectivity index (χ3n) is 1.96. The lowest BCUT2D eigenvalue weighted by atomic mass is 10.1. The fraction of sp³-hybridized carbons (Fsp3) is 0.273. The average Bonchev–Trinajstić information content (AvgIpc) is 2.16. The first-order valence-electron chi connectivity index (χ1n) is 4.82. The number of aliphatic hydroxyl groups is 1. The van der Waals surface area contributed by atoms with Gasteiger partial charge in [0, 0.05) is 30.8 Å². The fourth-order valence-corrected chi connectivity index (χ4v) is 1.37. The molecule has 86 valence electrons. The summed E-state index contributed by atoms with van der Waals surface area (Å²) in [5.41, 5.74) is 1.50. The monoisotopic (exact) mass is 222 g/mol. The second-order valence-electron chi connectivity index (χ2n) is 3.35. The number of anilines is 2. The van der Waals surface area contributed by atoms with E-state index in [-0.39, 0.29) is 18.4 Å². The predicted octanol–water partition coefficient (Wildman–Crippen LogP) is 1.10. The Morgan fingerprint density at radius 1 is 1.12 bits per heavy atom. The van der Waals surface area contributed by atoms with E-state index in [1.54, 1.807) is 18.2 Å². The lowest BCUT2D eigenvalue weighted by Crippen LogP contribution is -2.12. The molecule has 0 spiro atoms. The third kappa shape index (κ3) is 3.06. The van der Waals surface area contributed by atoms with Crippen LogP contribution in [0.3, 0.4) is 0 Å². The van der Waals surface area contributed by atoms with E-state index in [4.69, 9.17) is 0 Å². The van der Waals surface area contributed by atoms with Gasteiger partial charge >= 0.3 is 0 Å². The zero-order valence-corrected chi connectivity index (χ0v) is 9.20. The van der Waals surface area contributed by atoms with Gasteiger partial charge in [0.05, 0.1) is 6.61 Å². The van der Waals surface area contributed by atoms with E-state index in [1.807, 2.05) is 0 Å². The van der Waals surface area contributed by atoms with Crippen molar-refractivity contribution < 1.29 is 14.7 Å². The summed E-state index contributed by atoms with van der Waals surface area (Å²) in [5, 5.41) is 14.4. The van der Waals surface area contributed by atoms with Crippen LogP contribution in [0.4, 0.5) is 11.4 Å². The van der Waals surface area contributed by atoms with E-state index >= 15 is 0 Å². The van der Waals surface area contributed by atoms with E-state index < -0.39 is 0 Å². The van der Waals surface area contributed by atoms with Crippen LogP contribution in [-0.2, 0) is 16.2 Å². The first-order chi connectivity index (χ1) is 7.54. The van der Waals surface area contributed by atoms with E-state index in [0.29, 0.717) is 16.9 Å². The molecule has 16 heavy (non-hydrogen) atoms. The van der Waals surface area contributed by atoms with Crippen LogP contribution in [-0.4, -0.2) is 16.9 Å². The van der Waals surface area contributed by atoms with Gasteiger partial charge in [0.1, 0.15) is 0 Å². The highest BCUT2D eigenvalue weighted by molar-refractivity contribution is 5.94. The maximum Gasteiger partial charge on any atom is 0.221 e. The van der Waals surface area contributed by atoms with Crippen LogP contribution >= 0.6 is 0 Å². The highest BCUT2D eigenvalue weighted by Crippen LogP contribution is 2.24. The molecule has 0 atom stereocenters. The van der Waals surface area contributed by atoms with Crippen LogP contribution in [0.15, 0.2) is 18.2 Å². The number of aliphatic hydroxyl groups excluding tert-OH is 1. The van der Waals surface area contributed by atoms with Crippen LogP contribution in [0.25, 0.3) is 0 Å². The van der Waals surface area contributed by atoms with Gasteiger partial charge in [0.25, 0.3) is 0 Å². The number of hydrogen-bond donors (Lipinski definition) is 3. The van der Waals surface area contributed by atoms with Gasteiger partial charge < -0.3 is 15.7 Å². The molecule has 2 amide bonds. The van der Waals surface area contributed by atoms with Gasteiger partial charge in [-0.1, -0.05) is 6.07 Å². The molecule has 3 N–H and O–H groups in total. The highest BCUT2D eigenvalue weighted by atomic mass is 16.3. The molecule has 5 nitrogen and oxygen atoms in total. The average molecular weight is 222 g/mol. The largest absolute Gasteiger partial charge is 0.392 e. The van der Waals surface area contributed by atoms with Crippen LogP contribution < -0.4 is 10.6 Å². The molecule has 1 aromatic carbocycles. The van der Waals surface area contributed by atoms with Crippen molar-refractivity contribution in [2.45, 2.75) is 20.5 Å². The molecule has 0 fully saturated rings. The molecule has 0 bridgehead atoms. The minimum absolute atomic E-state index is 0.227.